The summed E-state index contributed by atoms with van der Waals surface area (Å²) in [5.41, 5.74) is 12.2. The minimum atomic E-state index is -0.740. The topological polar surface area (TPSA) is 31.5 Å². The molecule has 4 aromatic carbocycles. The summed E-state index contributed by atoms with van der Waals surface area (Å²) in [7, 11) is 8.38. The fourth-order valence-corrected chi connectivity index (χ4v) is 6.05. The van der Waals surface area contributed by atoms with Gasteiger partial charge in [0.1, 0.15) is 5.75 Å². The van der Waals surface area contributed by atoms with Gasteiger partial charge < -0.3 is 19.5 Å². The second kappa shape index (κ2) is 7.17. The van der Waals surface area contributed by atoms with Crippen molar-refractivity contribution in [2.45, 2.75) is 12.5 Å². The van der Waals surface area contributed by atoms with Gasteiger partial charge in [0.2, 0.25) is 0 Å². The summed E-state index contributed by atoms with van der Waals surface area (Å²) >= 11 is 0. The van der Waals surface area contributed by atoms with Crippen molar-refractivity contribution in [2.75, 3.05) is 38.0 Å². The molecule has 0 unspecified atom stereocenters. The summed E-state index contributed by atoms with van der Waals surface area (Å²) in [6.45, 7) is 2.13. The Balaban J connectivity index is 1.64. The number of para-hydroxylation sites is 1. The molecule has 7 rings (SSSR count). The second-order valence-electron chi connectivity index (χ2n) is 10.5. The number of ether oxygens (including phenoxy) is 1. The molecule has 1 N–H and O–H groups in total. The number of H-pyrrole nitrogens is 1. The van der Waals surface area contributed by atoms with E-state index in [4.69, 9.17) is 4.74 Å². The maximum atomic E-state index is 7.26. The number of rotatable bonds is 2. The molecule has 1 aromatic heterocycles. The molecule has 4 nitrogen and oxygen atoms in total. The van der Waals surface area contributed by atoms with Crippen molar-refractivity contribution in [3.63, 3.8) is 0 Å². The number of aromatic nitrogens is 1. The zero-order chi connectivity index (χ0) is 24.8. The summed E-state index contributed by atoms with van der Waals surface area (Å²) in [6, 6.07) is 28.7. The largest absolute Gasteiger partial charge is 0.472 e. The third kappa shape index (κ3) is 2.64. The average Bonchev–Trinajstić information content (AvgIpc) is 3.38. The molecule has 0 bridgehead atoms. The van der Waals surface area contributed by atoms with Crippen LogP contribution in [0.15, 0.2) is 78.9 Å². The molecular weight excluding hydrogens is 442 g/mol. The van der Waals surface area contributed by atoms with E-state index in [1.807, 2.05) is 0 Å². The van der Waals surface area contributed by atoms with Crippen LogP contribution in [0.25, 0.3) is 33.3 Å². The molecule has 0 radical (unpaired) electrons. The van der Waals surface area contributed by atoms with Gasteiger partial charge >= 0.3 is 0 Å². The summed E-state index contributed by atoms with van der Waals surface area (Å²) < 4.78 is 7.26. The van der Waals surface area contributed by atoms with E-state index in [-0.39, 0.29) is 0 Å². The molecule has 36 heavy (non-hydrogen) atoms. The molecule has 1 spiro atoms. The highest BCUT2D eigenvalue weighted by Gasteiger charge is 2.52. The zero-order valence-electron chi connectivity index (χ0n) is 21.3. The van der Waals surface area contributed by atoms with Crippen molar-refractivity contribution in [1.82, 2.24) is 4.98 Å². The molecule has 1 aliphatic heterocycles. The molecule has 0 saturated heterocycles. The Bertz CT molecular complexity index is 1630. The second-order valence-corrected chi connectivity index (χ2v) is 10.5. The number of aromatic amines is 1. The molecule has 0 fully saturated rings. The van der Waals surface area contributed by atoms with Gasteiger partial charge in [-0.1, -0.05) is 36.4 Å². The van der Waals surface area contributed by atoms with Crippen LogP contribution in [0.1, 0.15) is 22.3 Å². The van der Waals surface area contributed by atoms with Gasteiger partial charge in [0.05, 0.1) is 5.69 Å². The van der Waals surface area contributed by atoms with Crippen molar-refractivity contribution >= 4 is 22.3 Å². The summed E-state index contributed by atoms with van der Waals surface area (Å²) in [5.74, 6) is 0.918. The minimum absolute atomic E-state index is 0.740. The third-order valence-electron chi connectivity index (χ3n) is 7.82. The first-order chi connectivity index (χ1) is 17.4. The lowest BCUT2D eigenvalue weighted by Crippen LogP contribution is -2.36. The first-order valence-electron chi connectivity index (χ1n) is 12.4. The van der Waals surface area contributed by atoms with E-state index < -0.39 is 5.60 Å². The summed E-state index contributed by atoms with van der Waals surface area (Å²) in [5, 5.41) is 1.20. The first-order valence-corrected chi connectivity index (χ1v) is 12.4. The number of aryl methyl sites for hydroxylation is 1. The average molecular weight is 472 g/mol. The van der Waals surface area contributed by atoms with Crippen LogP contribution in [-0.4, -0.2) is 33.2 Å². The van der Waals surface area contributed by atoms with Gasteiger partial charge in [0.25, 0.3) is 0 Å². The van der Waals surface area contributed by atoms with Gasteiger partial charge in [0.15, 0.2) is 5.60 Å². The number of nitrogens with zero attached hydrogens (tertiary/aromatic N) is 2. The van der Waals surface area contributed by atoms with Crippen molar-refractivity contribution in [1.29, 1.82) is 0 Å². The van der Waals surface area contributed by atoms with Crippen LogP contribution >= 0.6 is 0 Å². The molecule has 2 heterocycles. The smallest absolute Gasteiger partial charge is 0.188 e. The Kier molecular flexibility index (Phi) is 4.21. The maximum absolute atomic E-state index is 7.26. The Labute approximate surface area is 211 Å². The lowest BCUT2D eigenvalue weighted by Gasteiger charge is -2.38. The van der Waals surface area contributed by atoms with Gasteiger partial charge in [-0.3, -0.25) is 0 Å². The monoisotopic (exact) mass is 471 g/mol. The van der Waals surface area contributed by atoms with Crippen LogP contribution in [-0.2, 0) is 5.60 Å². The van der Waals surface area contributed by atoms with Crippen LogP contribution in [0.2, 0.25) is 0 Å². The number of anilines is 2. The molecule has 178 valence electrons. The van der Waals surface area contributed by atoms with Crippen molar-refractivity contribution < 1.29 is 4.74 Å². The first kappa shape index (κ1) is 21.1. The minimum Gasteiger partial charge on any atom is -0.472 e. The van der Waals surface area contributed by atoms with Gasteiger partial charge in [-0.15, -0.1) is 0 Å². The van der Waals surface area contributed by atoms with Gasteiger partial charge in [-0.2, -0.15) is 0 Å². The number of fused-ring (bicyclic) bond motifs is 11. The van der Waals surface area contributed by atoms with Gasteiger partial charge in [-0.25, -0.2) is 0 Å². The lowest BCUT2D eigenvalue weighted by atomic mass is 9.79. The summed E-state index contributed by atoms with van der Waals surface area (Å²) in [4.78, 5) is 8.10. The third-order valence-corrected chi connectivity index (χ3v) is 7.82. The number of benzene rings is 4. The van der Waals surface area contributed by atoms with Crippen LogP contribution in [0.3, 0.4) is 0 Å². The van der Waals surface area contributed by atoms with E-state index >= 15 is 0 Å². The van der Waals surface area contributed by atoms with E-state index in [2.05, 4.69) is 129 Å². The standard InChI is InChI=1S/C32H29N3O/c1-19-10-13-23-29(16-19)36-32(30-22-8-6-7-9-28(22)33-31(23)30)26-14-11-20(34(2)3)17-24(26)25-18-21(35(4)5)12-15-27(25)32/h6-18,33H,1-5H3. The number of hydrogen-bond donors (Lipinski definition) is 1. The molecule has 0 atom stereocenters. The van der Waals surface area contributed by atoms with Crippen molar-refractivity contribution in [3.05, 3.63) is 101 Å². The highest BCUT2D eigenvalue weighted by Crippen LogP contribution is 2.60. The summed E-state index contributed by atoms with van der Waals surface area (Å²) in [6.07, 6.45) is 0. The molecule has 2 aliphatic rings. The fourth-order valence-electron chi connectivity index (χ4n) is 6.05. The van der Waals surface area contributed by atoms with E-state index in [1.165, 1.54) is 50.1 Å². The van der Waals surface area contributed by atoms with Crippen molar-refractivity contribution in [3.8, 4) is 28.1 Å². The van der Waals surface area contributed by atoms with Crippen LogP contribution < -0.4 is 14.5 Å². The van der Waals surface area contributed by atoms with Gasteiger partial charge in [-0.05, 0) is 66.1 Å². The molecule has 5 aromatic rings. The molecule has 1 aliphatic carbocycles. The number of nitrogens with one attached hydrogen (secondary N) is 1. The Hall–Kier alpha value is -4.18. The Morgan fingerprint density at radius 2 is 1.33 bits per heavy atom. The highest BCUT2D eigenvalue weighted by atomic mass is 16.5. The van der Waals surface area contributed by atoms with E-state index in [0.29, 0.717) is 0 Å². The SMILES string of the molecule is Cc1ccc2c(c1)OC1(c3ccc(N(C)C)cc3-c3cc(N(C)C)ccc31)c1c-2[nH]c2ccccc12. The van der Waals surface area contributed by atoms with E-state index in [0.717, 1.165) is 22.5 Å². The number of hydrogen-bond acceptors (Lipinski definition) is 3. The Morgan fingerprint density at radius 3 is 1.97 bits per heavy atom. The quantitative estimate of drug-likeness (QED) is 0.303. The molecule has 4 heteroatoms. The maximum Gasteiger partial charge on any atom is 0.188 e. The predicted octanol–water partition coefficient (Wildman–Crippen LogP) is 6.94. The molecular formula is C32H29N3O. The van der Waals surface area contributed by atoms with E-state index in [9.17, 15) is 0 Å². The predicted molar refractivity (Wildman–Crippen MR) is 150 cm³/mol. The molecule has 0 saturated carbocycles. The van der Waals surface area contributed by atoms with Crippen LogP contribution in [0.4, 0.5) is 11.4 Å². The Morgan fingerprint density at radius 1 is 0.694 bits per heavy atom. The van der Waals surface area contributed by atoms with Gasteiger partial charge in [0, 0.05) is 72.7 Å². The van der Waals surface area contributed by atoms with Crippen LogP contribution in [0.5, 0.6) is 5.75 Å². The zero-order valence-corrected chi connectivity index (χ0v) is 21.3. The van der Waals surface area contributed by atoms with Crippen molar-refractivity contribution in [2.24, 2.45) is 0 Å². The molecule has 0 amide bonds. The van der Waals surface area contributed by atoms with E-state index in [1.54, 1.807) is 0 Å². The lowest BCUT2D eigenvalue weighted by molar-refractivity contribution is 0.158. The fraction of sp³-hybridized carbons (Fsp3) is 0.188. The van der Waals surface area contributed by atoms with Crippen LogP contribution in [0, 0.1) is 6.92 Å². The normalized spacial score (nSPS) is 14.1. The highest BCUT2D eigenvalue weighted by molar-refractivity contribution is 5.99.